The molecule has 0 aliphatic carbocycles. The lowest BCUT2D eigenvalue weighted by Crippen LogP contribution is -1.82. The van der Waals surface area contributed by atoms with Gasteiger partial charge in [-0.1, -0.05) is 24.3 Å². The minimum atomic E-state index is 0.944. The molecule has 0 saturated carbocycles. The highest BCUT2D eigenvalue weighted by Crippen LogP contribution is 2.36. The summed E-state index contributed by atoms with van der Waals surface area (Å²) in [5.41, 5.74) is 4.24. The molecule has 0 atom stereocenters. The molecule has 2 heteroatoms. The van der Waals surface area contributed by atoms with E-state index in [0.29, 0.717) is 0 Å². The lowest BCUT2D eigenvalue weighted by atomic mass is 9.95. The van der Waals surface area contributed by atoms with E-state index in [1.54, 1.807) is 0 Å². The number of rotatable bonds is 0. The molecule has 0 unspecified atom stereocenters. The Balaban J connectivity index is 1.79. The Kier molecular flexibility index (Phi) is 2.51. The molecule has 26 heavy (non-hydrogen) atoms. The number of hydrogen-bond donors (Lipinski definition) is 0. The van der Waals surface area contributed by atoms with Crippen LogP contribution in [-0.2, 0) is 0 Å². The van der Waals surface area contributed by atoms with Crippen LogP contribution >= 0.6 is 0 Å². The average molecular weight is 336 g/mol. The van der Waals surface area contributed by atoms with E-state index < -0.39 is 0 Å². The van der Waals surface area contributed by atoms with Crippen molar-refractivity contribution in [1.29, 1.82) is 0 Å². The summed E-state index contributed by atoms with van der Waals surface area (Å²) in [6.07, 6.45) is 3.66. The highest BCUT2D eigenvalue weighted by molar-refractivity contribution is 6.20. The Hall–Kier alpha value is -3.26. The Morgan fingerprint density at radius 3 is 1.42 bits per heavy atom. The first-order valence-corrected chi connectivity index (χ1v) is 8.84. The quantitative estimate of drug-likeness (QED) is 0.273. The summed E-state index contributed by atoms with van der Waals surface area (Å²) < 4.78 is 11.5. The maximum atomic E-state index is 5.74. The molecule has 6 rings (SSSR count). The van der Waals surface area contributed by atoms with Gasteiger partial charge in [0.05, 0.1) is 12.5 Å². The molecule has 2 nitrogen and oxygen atoms in total. The van der Waals surface area contributed by atoms with Crippen molar-refractivity contribution in [3.05, 3.63) is 72.2 Å². The molecule has 2 heterocycles. The fraction of sp³-hybridized carbons (Fsp3) is 0.0833. The molecule has 0 fully saturated rings. The summed E-state index contributed by atoms with van der Waals surface area (Å²) in [6.45, 7) is 4.17. The zero-order valence-electron chi connectivity index (χ0n) is 14.6. The van der Waals surface area contributed by atoms with Crippen molar-refractivity contribution in [3.63, 3.8) is 0 Å². The van der Waals surface area contributed by atoms with Gasteiger partial charge < -0.3 is 8.83 Å². The van der Waals surface area contributed by atoms with Crippen LogP contribution in [-0.4, -0.2) is 0 Å². The van der Waals surface area contributed by atoms with E-state index >= 15 is 0 Å². The molecule has 0 bridgehead atoms. The minimum absolute atomic E-state index is 0.944. The van der Waals surface area contributed by atoms with Gasteiger partial charge in [-0.25, -0.2) is 0 Å². The van der Waals surface area contributed by atoms with Crippen molar-refractivity contribution in [2.24, 2.45) is 0 Å². The second kappa shape index (κ2) is 4.67. The molecule has 0 amide bonds. The van der Waals surface area contributed by atoms with Gasteiger partial charge >= 0.3 is 0 Å². The number of furan rings is 2. The van der Waals surface area contributed by atoms with Crippen molar-refractivity contribution in [1.82, 2.24) is 0 Å². The second-order valence-electron chi connectivity index (χ2n) is 7.20. The Bertz CT molecular complexity index is 1380. The zero-order chi connectivity index (χ0) is 17.4. The highest BCUT2D eigenvalue weighted by Gasteiger charge is 2.11. The number of benzene rings is 4. The summed E-state index contributed by atoms with van der Waals surface area (Å²) in [6, 6.07) is 17.7. The van der Waals surface area contributed by atoms with Crippen LogP contribution in [0.15, 0.2) is 69.9 Å². The first-order chi connectivity index (χ1) is 12.7. The molecule has 4 aromatic carbocycles. The summed E-state index contributed by atoms with van der Waals surface area (Å²) in [7, 11) is 0. The van der Waals surface area contributed by atoms with Crippen molar-refractivity contribution in [3.8, 4) is 0 Å². The topological polar surface area (TPSA) is 26.3 Å². The predicted molar refractivity (Wildman–Crippen MR) is 108 cm³/mol. The van der Waals surface area contributed by atoms with Crippen LogP contribution in [0.25, 0.3) is 54.3 Å². The molecular weight excluding hydrogens is 320 g/mol. The van der Waals surface area contributed by atoms with Crippen LogP contribution in [0, 0.1) is 13.8 Å². The first kappa shape index (κ1) is 14.0. The van der Waals surface area contributed by atoms with Gasteiger partial charge in [-0.2, -0.15) is 0 Å². The van der Waals surface area contributed by atoms with E-state index in [0.717, 1.165) is 11.2 Å². The van der Waals surface area contributed by atoms with Crippen LogP contribution in [0.5, 0.6) is 0 Å². The van der Waals surface area contributed by atoms with Gasteiger partial charge in [-0.05, 0) is 81.6 Å². The number of aryl methyl sites for hydroxylation is 2. The molecule has 2 aromatic heterocycles. The SMILES string of the molecule is Cc1coc2cc3c(ccc4c5cc6occ(C)c6cc5ccc34)cc12. The van der Waals surface area contributed by atoms with E-state index in [4.69, 9.17) is 8.83 Å². The van der Waals surface area contributed by atoms with Gasteiger partial charge in [0.2, 0.25) is 0 Å². The van der Waals surface area contributed by atoms with E-state index in [9.17, 15) is 0 Å². The molecular formula is C24H16O2. The third-order valence-electron chi connectivity index (χ3n) is 5.61. The Labute approximate surface area is 149 Å². The highest BCUT2D eigenvalue weighted by atomic mass is 16.3. The maximum Gasteiger partial charge on any atom is 0.134 e. The third-order valence-corrected chi connectivity index (χ3v) is 5.61. The normalized spacial score (nSPS) is 12.2. The van der Waals surface area contributed by atoms with E-state index in [2.05, 4.69) is 62.4 Å². The van der Waals surface area contributed by atoms with E-state index in [1.165, 1.54) is 54.2 Å². The zero-order valence-corrected chi connectivity index (χ0v) is 14.6. The average Bonchev–Trinajstić information content (AvgIpc) is 3.21. The Morgan fingerprint density at radius 2 is 0.962 bits per heavy atom. The first-order valence-electron chi connectivity index (χ1n) is 8.84. The number of fused-ring (bicyclic) bond motifs is 7. The largest absolute Gasteiger partial charge is 0.464 e. The van der Waals surface area contributed by atoms with Crippen LogP contribution in [0.4, 0.5) is 0 Å². The van der Waals surface area contributed by atoms with Gasteiger partial charge in [0.15, 0.2) is 0 Å². The van der Waals surface area contributed by atoms with Gasteiger partial charge in [0, 0.05) is 10.8 Å². The van der Waals surface area contributed by atoms with Crippen molar-refractivity contribution < 1.29 is 8.83 Å². The molecule has 0 N–H and O–H groups in total. The minimum Gasteiger partial charge on any atom is -0.464 e. The van der Waals surface area contributed by atoms with Gasteiger partial charge in [0.25, 0.3) is 0 Å². The molecule has 0 radical (unpaired) electrons. The van der Waals surface area contributed by atoms with Gasteiger partial charge in [0.1, 0.15) is 11.2 Å². The smallest absolute Gasteiger partial charge is 0.134 e. The molecule has 0 saturated heterocycles. The summed E-state index contributed by atoms with van der Waals surface area (Å²) in [4.78, 5) is 0. The van der Waals surface area contributed by atoms with Crippen molar-refractivity contribution >= 4 is 54.3 Å². The standard InChI is InChI=1S/C24H16O2/c1-13-11-25-23-9-21-15(7-19(13)23)3-5-18-17(21)6-4-16-8-20-14(2)12-26-24(20)10-22(16)18/h3-12H,1-2H3. The lowest BCUT2D eigenvalue weighted by Gasteiger charge is -2.08. The summed E-state index contributed by atoms with van der Waals surface area (Å²) in [5.74, 6) is 0. The molecule has 0 spiro atoms. The van der Waals surface area contributed by atoms with Gasteiger partial charge in [-0.15, -0.1) is 0 Å². The van der Waals surface area contributed by atoms with Crippen molar-refractivity contribution in [2.45, 2.75) is 13.8 Å². The van der Waals surface area contributed by atoms with E-state index in [-0.39, 0.29) is 0 Å². The summed E-state index contributed by atoms with van der Waals surface area (Å²) >= 11 is 0. The Morgan fingerprint density at radius 1 is 0.500 bits per heavy atom. The van der Waals surface area contributed by atoms with Crippen LogP contribution < -0.4 is 0 Å². The summed E-state index contributed by atoms with van der Waals surface area (Å²) in [5, 5.41) is 9.79. The maximum absolute atomic E-state index is 5.74. The fourth-order valence-corrected chi connectivity index (χ4v) is 4.17. The lowest BCUT2D eigenvalue weighted by molar-refractivity contribution is 0.613. The second-order valence-corrected chi connectivity index (χ2v) is 7.20. The monoisotopic (exact) mass is 336 g/mol. The fourth-order valence-electron chi connectivity index (χ4n) is 4.17. The molecule has 0 aliphatic rings. The molecule has 6 aromatic rings. The third kappa shape index (κ3) is 1.71. The molecule has 124 valence electrons. The van der Waals surface area contributed by atoms with Crippen LogP contribution in [0.2, 0.25) is 0 Å². The van der Waals surface area contributed by atoms with Crippen LogP contribution in [0.3, 0.4) is 0 Å². The molecule has 0 aliphatic heterocycles. The predicted octanol–water partition coefficient (Wildman–Crippen LogP) is 7.26. The van der Waals surface area contributed by atoms with Gasteiger partial charge in [-0.3, -0.25) is 0 Å². The van der Waals surface area contributed by atoms with Crippen LogP contribution in [0.1, 0.15) is 11.1 Å². The number of hydrogen-bond acceptors (Lipinski definition) is 2. The van der Waals surface area contributed by atoms with E-state index in [1.807, 2.05) is 12.5 Å². The van der Waals surface area contributed by atoms with Crippen molar-refractivity contribution in [2.75, 3.05) is 0 Å².